The van der Waals surface area contributed by atoms with E-state index in [0.29, 0.717) is 0 Å². The molecule has 1 aromatic heterocycles. The van der Waals surface area contributed by atoms with E-state index in [-0.39, 0.29) is 22.5 Å². The van der Waals surface area contributed by atoms with E-state index in [0.717, 1.165) is 12.1 Å². The van der Waals surface area contributed by atoms with Crippen molar-refractivity contribution >= 4 is 23.3 Å². The van der Waals surface area contributed by atoms with Gasteiger partial charge in [-0.2, -0.15) is 5.26 Å². The van der Waals surface area contributed by atoms with Gasteiger partial charge in [0.05, 0.1) is 16.8 Å². The minimum Gasteiger partial charge on any atom is -0.475 e. The lowest BCUT2D eigenvalue weighted by molar-refractivity contribution is -0.131. The number of Topliss-reactive ketones (excluding diaryl/α,β-unsaturated/α-hetero) is 1. The molecule has 0 atom stereocenters. The van der Waals surface area contributed by atoms with Crippen LogP contribution in [0.1, 0.15) is 26.4 Å². The van der Waals surface area contributed by atoms with Crippen LogP contribution in [0.4, 0.5) is 10.1 Å². The number of nitrogens with one attached hydrogen (secondary N) is 1. The SMILES string of the molecule is Cn1cc(C(=O)Nc2ccc(F)c(C#N)c2)cc1C(=O)C(=O)O. The number of carbonyl (C=O) groups is 3. The maximum atomic E-state index is 13.2. The molecule has 0 radical (unpaired) electrons. The van der Waals surface area contributed by atoms with Crippen LogP contribution >= 0.6 is 0 Å². The quantitative estimate of drug-likeness (QED) is 0.656. The van der Waals surface area contributed by atoms with Crippen LogP contribution in [-0.2, 0) is 11.8 Å². The molecule has 116 valence electrons. The molecule has 0 aliphatic heterocycles. The number of nitriles is 1. The highest BCUT2D eigenvalue weighted by atomic mass is 19.1. The molecule has 0 aliphatic carbocycles. The highest BCUT2D eigenvalue weighted by molar-refractivity contribution is 6.39. The fourth-order valence-electron chi connectivity index (χ4n) is 1.92. The average molecular weight is 315 g/mol. The number of hydrogen-bond donors (Lipinski definition) is 2. The van der Waals surface area contributed by atoms with E-state index < -0.39 is 23.5 Å². The Balaban J connectivity index is 2.25. The van der Waals surface area contributed by atoms with Crippen molar-refractivity contribution in [3.05, 3.63) is 53.1 Å². The van der Waals surface area contributed by atoms with Gasteiger partial charge in [0.15, 0.2) is 0 Å². The Kier molecular flexibility index (Phi) is 4.23. The van der Waals surface area contributed by atoms with Gasteiger partial charge >= 0.3 is 5.97 Å². The van der Waals surface area contributed by atoms with Crippen molar-refractivity contribution < 1.29 is 23.9 Å². The molecular formula is C15H10FN3O4. The van der Waals surface area contributed by atoms with Gasteiger partial charge < -0.3 is 15.0 Å². The second-order valence-electron chi connectivity index (χ2n) is 4.62. The van der Waals surface area contributed by atoms with Crippen LogP contribution in [0.2, 0.25) is 0 Å². The van der Waals surface area contributed by atoms with Crippen LogP contribution < -0.4 is 5.32 Å². The smallest absolute Gasteiger partial charge is 0.378 e. The Labute approximate surface area is 129 Å². The zero-order valence-electron chi connectivity index (χ0n) is 11.8. The van der Waals surface area contributed by atoms with Gasteiger partial charge in [-0.3, -0.25) is 9.59 Å². The van der Waals surface area contributed by atoms with Crippen LogP contribution in [0, 0.1) is 17.1 Å². The third-order valence-corrected chi connectivity index (χ3v) is 3.04. The zero-order chi connectivity index (χ0) is 17.1. The number of aliphatic carboxylic acids is 1. The molecule has 0 aliphatic rings. The molecule has 8 heteroatoms. The Morgan fingerprint density at radius 1 is 1.30 bits per heavy atom. The van der Waals surface area contributed by atoms with Crippen molar-refractivity contribution in [2.45, 2.75) is 0 Å². The number of hydrogen-bond acceptors (Lipinski definition) is 4. The first kappa shape index (κ1) is 15.9. The summed E-state index contributed by atoms with van der Waals surface area (Å²) in [5, 5.41) is 19.9. The van der Waals surface area contributed by atoms with Crippen LogP contribution in [0.3, 0.4) is 0 Å². The normalized spacial score (nSPS) is 9.96. The third kappa shape index (κ3) is 3.24. The van der Waals surface area contributed by atoms with E-state index >= 15 is 0 Å². The molecule has 1 heterocycles. The number of aryl methyl sites for hydroxylation is 1. The second-order valence-corrected chi connectivity index (χ2v) is 4.62. The number of aromatic nitrogens is 1. The van der Waals surface area contributed by atoms with E-state index in [2.05, 4.69) is 5.32 Å². The van der Waals surface area contributed by atoms with Crippen LogP contribution in [0.25, 0.3) is 0 Å². The van der Waals surface area contributed by atoms with Crippen molar-refractivity contribution in [2.24, 2.45) is 7.05 Å². The number of carboxylic acids is 1. The molecule has 1 amide bonds. The molecule has 23 heavy (non-hydrogen) atoms. The predicted octanol–water partition coefficient (Wildman–Crippen LogP) is 1.56. The first-order valence-electron chi connectivity index (χ1n) is 6.28. The molecule has 0 saturated carbocycles. The zero-order valence-corrected chi connectivity index (χ0v) is 11.8. The summed E-state index contributed by atoms with van der Waals surface area (Å²) in [6.45, 7) is 0. The van der Waals surface area contributed by atoms with E-state index in [1.54, 1.807) is 6.07 Å². The molecular weight excluding hydrogens is 305 g/mol. The van der Waals surface area contributed by atoms with Crippen molar-refractivity contribution in [3.8, 4) is 6.07 Å². The number of nitrogens with zero attached hydrogens (tertiary/aromatic N) is 2. The standard InChI is InChI=1S/C15H10FN3O4/c1-19-7-9(5-12(19)13(20)15(22)23)14(21)18-10-2-3-11(16)8(4-10)6-17/h2-5,7H,1H3,(H,18,21)(H,22,23). The van der Waals surface area contributed by atoms with Gasteiger partial charge in [0.25, 0.3) is 11.7 Å². The van der Waals surface area contributed by atoms with Crippen LogP contribution in [0.15, 0.2) is 30.5 Å². The maximum Gasteiger partial charge on any atom is 0.378 e. The van der Waals surface area contributed by atoms with Gasteiger partial charge in [-0.05, 0) is 24.3 Å². The Bertz CT molecular complexity index is 864. The number of amides is 1. The van der Waals surface area contributed by atoms with Gasteiger partial charge in [0, 0.05) is 18.9 Å². The number of carboxylic acid groups (broad SMARTS) is 1. The number of ketones is 1. The fourth-order valence-corrected chi connectivity index (χ4v) is 1.92. The van der Waals surface area contributed by atoms with E-state index in [1.165, 1.54) is 29.9 Å². The largest absolute Gasteiger partial charge is 0.475 e. The van der Waals surface area contributed by atoms with E-state index in [4.69, 9.17) is 10.4 Å². The van der Waals surface area contributed by atoms with E-state index in [9.17, 15) is 18.8 Å². The van der Waals surface area contributed by atoms with Crippen LogP contribution in [-0.4, -0.2) is 27.3 Å². The van der Waals surface area contributed by atoms with Gasteiger partial charge in [-0.25, -0.2) is 9.18 Å². The maximum absolute atomic E-state index is 13.2. The van der Waals surface area contributed by atoms with Gasteiger partial charge in [-0.1, -0.05) is 0 Å². The molecule has 7 nitrogen and oxygen atoms in total. The molecule has 1 aromatic carbocycles. The lowest BCUT2D eigenvalue weighted by atomic mass is 10.2. The monoisotopic (exact) mass is 315 g/mol. The summed E-state index contributed by atoms with van der Waals surface area (Å²) in [5.41, 5.74) is -0.125. The second kappa shape index (κ2) is 6.11. The van der Waals surface area contributed by atoms with Crippen molar-refractivity contribution in [1.82, 2.24) is 4.57 Å². The number of carbonyl (C=O) groups excluding carboxylic acids is 2. The third-order valence-electron chi connectivity index (χ3n) is 3.04. The van der Waals surface area contributed by atoms with E-state index in [1.807, 2.05) is 0 Å². The van der Waals surface area contributed by atoms with Gasteiger partial charge in [-0.15, -0.1) is 0 Å². The summed E-state index contributed by atoms with van der Waals surface area (Å²) >= 11 is 0. The summed E-state index contributed by atoms with van der Waals surface area (Å²) in [4.78, 5) is 34.2. The Morgan fingerprint density at radius 3 is 2.61 bits per heavy atom. The number of rotatable bonds is 4. The lowest BCUT2D eigenvalue weighted by Crippen LogP contribution is -2.15. The first-order chi connectivity index (χ1) is 10.8. The highest BCUT2D eigenvalue weighted by Crippen LogP contribution is 2.16. The molecule has 0 spiro atoms. The minimum absolute atomic E-state index is 0.0555. The molecule has 0 unspecified atom stereocenters. The number of halogens is 1. The highest BCUT2D eigenvalue weighted by Gasteiger charge is 2.21. The van der Waals surface area contributed by atoms with Gasteiger partial charge in [0.1, 0.15) is 11.9 Å². The number of anilines is 1. The lowest BCUT2D eigenvalue weighted by Gasteiger charge is -2.04. The molecule has 2 aromatic rings. The van der Waals surface area contributed by atoms with Crippen LogP contribution in [0.5, 0.6) is 0 Å². The molecule has 2 rings (SSSR count). The Morgan fingerprint density at radius 2 is 2.00 bits per heavy atom. The van der Waals surface area contributed by atoms with Crippen molar-refractivity contribution in [1.29, 1.82) is 5.26 Å². The first-order valence-corrected chi connectivity index (χ1v) is 6.28. The predicted molar refractivity (Wildman–Crippen MR) is 76.4 cm³/mol. The van der Waals surface area contributed by atoms with Crippen molar-refractivity contribution in [3.63, 3.8) is 0 Å². The topological polar surface area (TPSA) is 112 Å². The van der Waals surface area contributed by atoms with Gasteiger partial charge in [0.2, 0.25) is 0 Å². The summed E-state index contributed by atoms with van der Waals surface area (Å²) in [6, 6.07) is 6.27. The summed E-state index contributed by atoms with van der Waals surface area (Å²) in [5.74, 6) is -4.10. The summed E-state index contributed by atoms with van der Waals surface area (Å²) in [6.07, 6.45) is 1.29. The molecule has 0 bridgehead atoms. The summed E-state index contributed by atoms with van der Waals surface area (Å²) in [7, 11) is 1.43. The molecule has 0 fully saturated rings. The molecule has 0 saturated heterocycles. The van der Waals surface area contributed by atoms with Crippen molar-refractivity contribution in [2.75, 3.05) is 5.32 Å². The molecule has 2 N–H and O–H groups in total. The fraction of sp³-hybridized carbons (Fsp3) is 0.0667. The average Bonchev–Trinajstić information content (AvgIpc) is 2.90. The minimum atomic E-state index is -1.63. The Hall–Kier alpha value is -3.47. The summed E-state index contributed by atoms with van der Waals surface area (Å²) < 4.78 is 14.4. The number of benzene rings is 1.